The van der Waals surface area contributed by atoms with Gasteiger partial charge < -0.3 is 4.74 Å². The van der Waals surface area contributed by atoms with Gasteiger partial charge in [0.05, 0.1) is 5.69 Å². The molecule has 0 aliphatic carbocycles. The fourth-order valence-corrected chi connectivity index (χ4v) is 1.95. The quantitative estimate of drug-likeness (QED) is 0.501. The summed E-state index contributed by atoms with van der Waals surface area (Å²) in [5, 5.41) is 0. The molecular formula is C18H16F3NO. The van der Waals surface area contributed by atoms with E-state index in [0.717, 1.165) is 30.5 Å². The first-order valence-electron chi connectivity index (χ1n) is 7.07. The number of allylic oxidation sites excluding steroid dienone is 1. The summed E-state index contributed by atoms with van der Waals surface area (Å²) in [6.07, 6.45) is 5.29. The summed E-state index contributed by atoms with van der Waals surface area (Å²) < 4.78 is 41.7. The summed E-state index contributed by atoms with van der Waals surface area (Å²) in [5.74, 6) is -1.37. The molecule has 0 saturated carbocycles. The summed E-state index contributed by atoms with van der Waals surface area (Å²) in [6.45, 7) is 0.626. The molecule has 0 atom stereocenters. The molecule has 2 nitrogen and oxygen atoms in total. The fraction of sp³-hybridized carbons (Fsp3) is 0.167. The van der Waals surface area contributed by atoms with Crippen LogP contribution in [0.3, 0.4) is 0 Å². The minimum atomic E-state index is -3.06. The maximum atomic E-state index is 13.6. The lowest BCUT2D eigenvalue weighted by molar-refractivity contribution is -0.0521. The predicted octanol–water partition coefficient (Wildman–Crippen LogP) is 5.30. The molecule has 0 unspecified atom stereocenters. The highest BCUT2D eigenvalue weighted by Crippen LogP contribution is 2.24. The number of hydrogen-bond donors (Lipinski definition) is 0. The van der Waals surface area contributed by atoms with E-state index in [4.69, 9.17) is 0 Å². The fourth-order valence-electron chi connectivity index (χ4n) is 1.95. The maximum Gasteiger partial charge on any atom is 0.387 e. The van der Waals surface area contributed by atoms with E-state index in [0.29, 0.717) is 5.69 Å². The zero-order valence-electron chi connectivity index (χ0n) is 12.4. The lowest BCUT2D eigenvalue weighted by Crippen LogP contribution is -2.03. The highest BCUT2D eigenvalue weighted by molar-refractivity contribution is 5.82. The Morgan fingerprint density at radius 1 is 1.13 bits per heavy atom. The van der Waals surface area contributed by atoms with Gasteiger partial charge >= 0.3 is 6.61 Å². The Labute approximate surface area is 132 Å². The molecular weight excluding hydrogens is 303 g/mol. The minimum absolute atomic E-state index is 0.319. The normalized spacial score (nSPS) is 11.1. The van der Waals surface area contributed by atoms with Gasteiger partial charge in [0.2, 0.25) is 0 Å². The van der Waals surface area contributed by atoms with E-state index >= 15 is 0 Å². The first-order chi connectivity index (χ1) is 11.1. The number of benzene rings is 2. The van der Waals surface area contributed by atoms with Crippen molar-refractivity contribution in [1.29, 1.82) is 0 Å². The summed E-state index contributed by atoms with van der Waals surface area (Å²) in [7, 11) is 0. The molecule has 0 radical (unpaired) electrons. The van der Waals surface area contributed by atoms with Crippen molar-refractivity contribution in [2.75, 3.05) is 0 Å². The van der Waals surface area contributed by atoms with Crippen LogP contribution in [-0.4, -0.2) is 12.8 Å². The van der Waals surface area contributed by atoms with Crippen molar-refractivity contribution in [3.05, 3.63) is 72.1 Å². The van der Waals surface area contributed by atoms with Gasteiger partial charge in [-0.1, -0.05) is 30.3 Å². The van der Waals surface area contributed by atoms with Gasteiger partial charge in [0.1, 0.15) is 0 Å². The number of aryl methyl sites for hydroxylation is 1. The van der Waals surface area contributed by atoms with Gasteiger partial charge in [0.15, 0.2) is 11.6 Å². The van der Waals surface area contributed by atoms with Crippen molar-refractivity contribution in [2.24, 2.45) is 4.99 Å². The van der Waals surface area contributed by atoms with Gasteiger partial charge in [-0.2, -0.15) is 8.78 Å². The van der Waals surface area contributed by atoms with Crippen LogP contribution in [0.1, 0.15) is 17.5 Å². The third-order valence-electron chi connectivity index (χ3n) is 3.11. The van der Waals surface area contributed by atoms with Crippen LogP contribution in [0.5, 0.6) is 5.75 Å². The van der Waals surface area contributed by atoms with Crippen LogP contribution in [-0.2, 0) is 6.42 Å². The van der Waals surface area contributed by atoms with Crippen molar-refractivity contribution in [1.82, 2.24) is 0 Å². The van der Waals surface area contributed by atoms with Crippen molar-refractivity contribution < 1.29 is 17.9 Å². The standard InChI is InChI=1S/C18H16F3NO/c1-2-3-4-13-5-7-14(8-6-13)12-22-15-9-10-17(16(19)11-15)23-18(20)21/h2,5-12,18H,1,3-4H2. The molecule has 120 valence electrons. The second kappa shape index (κ2) is 8.17. The van der Waals surface area contributed by atoms with Gasteiger partial charge in [-0.25, -0.2) is 4.39 Å². The average Bonchev–Trinajstić information content (AvgIpc) is 2.54. The SMILES string of the molecule is C=CCCc1ccc(C=Nc2ccc(OC(F)F)c(F)c2)cc1. The molecule has 2 rings (SSSR count). The van der Waals surface area contributed by atoms with E-state index in [2.05, 4.69) is 16.3 Å². The van der Waals surface area contributed by atoms with Crippen LogP contribution in [0.15, 0.2) is 60.1 Å². The number of halogens is 3. The molecule has 2 aromatic rings. The third-order valence-corrected chi connectivity index (χ3v) is 3.11. The maximum absolute atomic E-state index is 13.6. The molecule has 0 aliphatic rings. The van der Waals surface area contributed by atoms with Crippen molar-refractivity contribution >= 4 is 11.9 Å². The molecule has 0 amide bonds. The van der Waals surface area contributed by atoms with Gasteiger partial charge in [0.25, 0.3) is 0 Å². The monoisotopic (exact) mass is 319 g/mol. The molecule has 23 heavy (non-hydrogen) atoms. The Hall–Kier alpha value is -2.56. The zero-order valence-corrected chi connectivity index (χ0v) is 12.4. The second-order valence-corrected chi connectivity index (χ2v) is 4.82. The topological polar surface area (TPSA) is 21.6 Å². The van der Waals surface area contributed by atoms with Crippen molar-refractivity contribution in [3.63, 3.8) is 0 Å². The van der Waals surface area contributed by atoms with Gasteiger partial charge in [-0.05, 0) is 36.1 Å². The van der Waals surface area contributed by atoms with Crippen LogP contribution in [0.2, 0.25) is 0 Å². The highest BCUT2D eigenvalue weighted by Gasteiger charge is 2.09. The lowest BCUT2D eigenvalue weighted by atomic mass is 10.1. The number of hydrogen-bond acceptors (Lipinski definition) is 2. The number of ether oxygens (including phenoxy) is 1. The molecule has 0 bridgehead atoms. The van der Waals surface area contributed by atoms with Gasteiger partial charge in [0, 0.05) is 12.3 Å². The Morgan fingerprint density at radius 3 is 2.48 bits per heavy atom. The third kappa shape index (κ3) is 5.29. The summed E-state index contributed by atoms with van der Waals surface area (Å²) in [4.78, 5) is 4.13. The van der Waals surface area contributed by atoms with Crippen LogP contribution in [0.25, 0.3) is 0 Å². The van der Waals surface area contributed by atoms with E-state index in [1.165, 1.54) is 11.6 Å². The Morgan fingerprint density at radius 2 is 1.87 bits per heavy atom. The number of nitrogens with zero attached hydrogens (tertiary/aromatic N) is 1. The average molecular weight is 319 g/mol. The van der Waals surface area contributed by atoms with Gasteiger partial charge in [-0.3, -0.25) is 4.99 Å². The molecule has 0 fully saturated rings. The van der Waals surface area contributed by atoms with E-state index in [1.54, 1.807) is 6.21 Å². The minimum Gasteiger partial charge on any atom is -0.432 e. The van der Waals surface area contributed by atoms with Crippen molar-refractivity contribution in [3.8, 4) is 5.75 Å². The second-order valence-electron chi connectivity index (χ2n) is 4.82. The molecule has 0 heterocycles. The predicted molar refractivity (Wildman–Crippen MR) is 85.2 cm³/mol. The summed E-state index contributed by atoms with van der Waals surface area (Å²) >= 11 is 0. The number of rotatable bonds is 7. The van der Waals surface area contributed by atoms with Crippen LogP contribution in [0.4, 0.5) is 18.9 Å². The summed E-state index contributed by atoms with van der Waals surface area (Å²) in [5.41, 5.74) is 2.38. The molecule has 5 heteroatoms. The molecule has 0 aliphatic heterocycles. The molecule has 0 aromatic heterocycles. The number of aliphatic imine (C=N–C) groups is 1. The van der Waals surface area contributed by atoms with E-state index in [-0.39, 0.29) is 0 Å². The molecule has 0 N–H and O–H groups in total. The smallest absolute Gasteiger partial charge is 0.387 e. The Bertz CT molecular complexity index is 681. The number of alkyl halides is 2. The zero-order chi connectivity index (χ0) is 16.7. The first kappa shape index (κ1) is 16.8. The lowest BCUT2D eigenvalue weighted by Gasteiger charge is -2.05. The van der Waals surface area contributed by atoms with Crippen LogP contribution < -0.4 is 4.74 Å². The van der Waals surface area contributed by atoms with E-state index < -0.39 is 18.2 Å². The Kier molecular flexibility index (Phi) is 5.97. The van der Waals surface area contributed by atoms with E-state index in [1.807, 2.05) is 30.3 Å². The van der Waals surface area contributed by atoms with Crippen LogP contribution >= 0.6 is 0 Å². The molecule has 0 spiro atoms. The largest absolute Gasteiger partial charge is 0.432 e. The van der Waals surface area contributed by atoms with Gasteiger partial charge in [-0.15, -0.1) is 6.58 Å². The van der Waals surface area contributed by atoms with Crippen molar-refractivity contribution in [2.45, 2.75) is 19.5 Å². The molecule has 2 aromatic carbocycles. The summed E-state index contributed by atoms with van der Waals surface area (Å²) in [6, 6.07) is 11.4. The Balaban J connectivity index is 2.04. The highest BCUT2D eigenvalue weighted by atomic mass is 19.3. The van der Waals surface area contributed by atoms with Crippen LogP contribution in [0, 0.1) is 5.82 Å². The first-order valence-corrected chi connectivity index (χ1v) is 7.07. The van der Waals surface area contributed by atoms with E-state index in [9.17, 15) is 13.2 Å². The molecule has 0 saturated heterocycles.